The molecule has 3 rings (SSSR count). The number of aliphatic hydroxyl groups is 1. The number of likely N-dealkylation sites (tertiary alicyclic amines) is 1. The number of nitrogens with zero attached hydrogens (tertiary/aromatic N) is 2. The topological polar surface area (TPSA) is 65.8 Å². The second-order valence-electron chi connectivity index (χ2n) is 5.60. The Kier molecular flexibility index (Phi) is 4.61. The van der Waals surface area contributed by atoms with Gasteiger partial charge in [0, 0.05) is 30.6 Å². The van der Waals surface area contributed by atoms with Crippen LogP contribution in [0.3, 0.4) is 0 Å². The Bertz CT molecular complexity index is 644. The maximum Gasteiger partial charge on any atom is 0.161 e. The van der Waals surface area contributed by atoms with Gasteiger partial charge in [-0.15, -0.1) is 11.3 Å². The van der Waals surface area contributed by atoms with E-state index in [-0.39, 0.29) is 12.4 Å². The Balaban J connectivity index is 1.71. The number of thiazole rings is 1. The van der Waals surface area contributed by atoms with Gasteiger partial charge in [-0.2, -0.15) is 0 Å². The highest BCUT2D eigenvalue weighted by molar-refractivity contribution is 7.13. The number of phenols is 1. The van der Waals surface area contributed by atoms with Gasteiger partial charge in [0.05, 0.1) is 12.8 Å². The van der Waals surface area contributed by atoms with Gasteiger partial charge >= 0.3 is 0 Å². The summed E-state index contributed by atoms with van der Waals surface area (Å²) in [5.74, 6) is 0.995. The lowest BCUT2D eigenvalue weighted by molar-refractivity contribution is 0.219. The van der Waals surface area contributed by atoms with E-state index in [1.807, 2.05) is 6.07 Å². The molecule has 1 aromatic heterocycles. The van der Waals surface area contributed by atoms with Gasteiger partial charge in [0.2, 0.25) is 0 Å². The molecule has 2 aromatic rings. The Hall–Kier alpha value is -1.63. The highest BCUT2D eigenvalue weighted by Gasteiger charge is 2.22. The van der Waals surface area contributed by atoms with E-state index in [0.717, 1.165) is 42.3 Å². The Morgan fingerprint density at radius 1 is 1.45 bits per heavy atom. The number of rotatable bonds is 5. The van der Waals surface area contributed by atoms with E-state index in [0.29, 0.717) is 11.7 Å². The second kappa shape index (κ2) is 6.64. The molecule has 22 heavy (non-hydrogen) atoms. The van der Waals surface area contributed by atoms with E-state index in [1.165, 1.54) is 7.11 Å². The smallest absolute Gasteiger partial charge is 0.161 e. The van der Waals surface area contributed by atoms with Crippen molar-refractivity contribution in [3.05, 3.63) is 29.3 Å². The molecule has 0 amide bonds. The molecule has 0 saturated carbocycles. The van der Waals surface area contributed by atoms with Crippen molar-refractivity contribution < 1.29 is 14.9 Å². The zero-order valence-corrected chi connectivity index (χ0v) is 13.3. The predicted molar refractivity (Wildman–Crippen MR) is 86.2 cm³/mol. The monoisotopic (exact) mass is 320 g/mol. The van der Waals surface area contributed by atoms with E-state index in [1.54, 1.807) is 23.5 Å². The summed E-state index contributed by atoms with van der Waals surface area (Å²) in [6.07, 6.45) is 1.06. The van der Waals surface area contributed by atoms with Gasteiger partial charge in [-0.05, 0) is 37.1 Å². The van der Waals surface area contributed by atoms with Crippen LogP contribution < -0.4 is 4.74 Å². The van der Waals surface area contributed by atoms with Crippen LogP contribution in [0.2, 0.25) is 0 Å². The van der Waals surface area contributed by atoms with Crippen LogP contribution in [0.5, 0.6) is 11.5 Å². The van der Waals surface area contributed by atoms with E-state index >= 15 is 0 Å². The summed E-state index contributed by atoms with van der Waals surface area (Å²) in [5, 5.41) is 21.9. The molecule has 5 nitrogen and oxygen atoms in total. The van der Waals surface area contributed by atoms with Crippen molar-refractivity contribution in [3.63, 3.8) is 0 Å². The van der Waals surface area contributed by atoms with Crippen molar-refractivity contribution in [2.24, 2.45) is 5.92 Å². The molecule has 1 saturated heterocycles. The highest BCUT2D eigenvalue weighted by atomic mass is 32.1. The first-order valence-electron chi connectivity index (χ1n) is 7.34. The Labute approximate surface area is 133 Å². The summed E-state index contributed by atoms with van der Waals surface area (Å²) >= 11 is 1.59. The zero-order valence-electron chi connectivity index (χ0n) is 12.5. The third kappa shape index (κ3) is 3.24. The standard InChI is InChI=1S/C16H20N2O3S/c1-21-15-6-12(2-3-14(15)20)16-17-13(10-22-16)8-18-5-4-11(7-18)9-19/h2-3,6,10-11,19-20H,4-5,7-9H2,1H3. The van der Waals surface area contributed by atoms with Gasteiger partial charge in [0.1, 0.15) is 5.01 Å². The normalized spacial score (nSPS) is 18.7. The van der Waals surface area contributed by atoms with Crippen LogP contribution in [-0.4, -0.2) is 46.9 Å². The van der Waals surface area contributed by atoms with E-state index in [2.05, 4.69) is 15.3 Å². The van der Waals surface area contributed by atoms with Crippen LogP contribution in [0.15, 0.2) is 23.6 Å². The number of hydrogen-bond acceptors (Lipinski definition) is 6. The van der Waals surface area contributed by atoms with E-state index in [4.69, 9.17) is 4.74 Å². The van der Waals surface area contributed by atoms with Crippen molar-refractivity contribution in [2.45, 2.75) is 13.0 Å². The van der Waals surface area contributed by atoms with E-state index < -0.39 is 0 Å². The minimum absolute atomic E-state index is 0.134. The number of ether oxygens (including phenoxy) is 1. The van der Waals surface area contributed by atoms with Crippen LogP contribution in [-0.2, 0) is 6.54 Å². The van der Waals surface area contributed by atoms with Crippen molar-refractivity contribution in [3.8, 4) is 22.1 Å². The van der Waals surface area contributed by atoms with Gasteiger partial charge in [0.15, 0.2) is 11.5 Å². The molecule has 1 aliphatic rings. The largest absolute Gasteiger partial charge is 0.504 e. The fraction of sp³-hybridized carbons (Fsp3) is 0.438. The fourth-order valence-electron chi connectivity index (χ4n) is 2.76. The summed E-state index contributed by atoms with van der Waals surface area (Å²) in [4.78, 5) is 7.01. The summed E-state index contributed by atoms with van der Waals surface area (Å²) < 4.78 is 5.14. The quantitative estimate of drug-likeness (QED) is 0.885. The molecule has 118 valence electrons. The molecule has 0 bridgehead atoms. The number of aromatic nitrogens is 1. The average Bonchev–Trinajstić information content (AvgIpc) is 3.17. The number of hydrogen-bond donors (Lipinski definition) is 2. The lowest BCUT2D eigenvalue weighted by Gasteiger charge is -2.13. The van der Waals surface area contributed by atoms with Crippen molar-refractivity contribution >= 4 is 11.3 Å². The van der Waals surface area contributed by atoms with Crippen LogP contribution in [0.4, 0.5) is 0 Å². The third-order valence-corrected chi connectivity index (χ3v) is 4.93. The minimum atomic E-state index is 0.134. The summed E-state index contributed by atoms with van der Waals surface area (Å²) in [7, 11) is 1.54. The maximum atomic E-state index is 9.66. The van der Waals surface area contributed by atoms with Gasteiger partial charge in [-0.25, -0.2) is 4.98 Å². The van der Waals surface area contributed by atoms with Crippen LogP contribution in [0, 0.1) is 5.92 Å². The molecule has 1 aromatic carbocycles. The third-order valence-electron chi connectivity index (χ3n) is 3.99. The lowest BCUT2D eigenvalue weighted by Crippen LogP contribution is -2.21. The van der Waals surface area contributed by atoms with Crippen LogP contribution in [0.1, 0.15) is 12.1 Å². The second-order valence-corrected chi connectivity index (χ2v) is 6.46. The summed E-state index contributed by atoms with van der Waals surface area (Å²) in [6, 6.07) is 5.27. The highest BCUT2D eigenvalue weighted by Crippen LogP contribution is 2.33. The predicted octanol–water partition coefficient (Wildman–Crippen LogP) is 2.34. The first-order chi connectivity index (χ1) is 10.7. The number of benzene rings is 1. The van der Waals surface area contributed by atoms with Crippen LogP contribution in [0.25, 0.3) is 10.6 Å². The van der Waals surface area contributed by atoms with Gasteiger partial charge < -0.3 is 14.9 Å². The molecule has 1 atom stereocenters. The number of aliphatic hydroxyl groups excluding tert-OH is 1. The van der Waals surface area contributed by atoms with Gasteiger partial charge in [-0.3, -0.25) is 4.90 Å². The molecule has 2 heterocycles. The molecule has 2 N–H and O–H groups in total. The molecule has 0 radical (unpaired) electrons. The summed E-state index contributed by atoms with van der Waals surface area (Å²) in [5.41, 5.74) is 1.99. The molecule has 1 fully saturated rings. The van der Waals surface area contributed by atoms with Crippen molar-refractivity contribution in [2.75, 3.05) is 26.8 Å². The van der Waals surface area contributed by atoms with E-state index in [9.17, 15) is 10.2 Å². The number of phenolic OH excluding ortho intramolecular Hbond substituents is 1. The molecule has 1 unspecified atom stereocenters. The van der Waals surface area contributed by atoms with Gasteiger partial charge in [0.25, 0.3) is 0 Å². The molecule has 6 heteroatoms. The minimum Gasteiger partial charge on any atom is -0.504 e. The first kappa shape index (κ1) is 15.3. The summed E-state index contributed by atoms with van der Waals surface area (Å²) in [6.45, 7) is 3.05. The molecule has 0 aliphatic carbocycles. The Morgan fingerprint density at radius 2 is 2.32 bits per heavy atom. The average molecular weight is 320 g/mol. The number of methoxy groups -OCH3 is 1. The van der Waals surface area contributed by atoms with Crippen molar-refractivity contribution in [1.29, 1.82) is 0 Å². The molecule has 0 spiro atoms. The molecular weight excluding hydrogens is 300 g/mol. The zero-order chi connectivity index (χ0) is 15.5. The molecular formula is C16H20N2O3S. The van der Waals surface area contributed by atoms with Gasteiger partial charge in [-0.1, -0.05) is 0 Å². The first-order valence-corrected chi connectivity index (χ1v) is 8.22. The number of aromatic hydroxyl groups is 1. The Morgan fingerprint density at radius 3 is 3.05 bits per heavy atom. The fourth-order valence-corrected chi connectivity index (χ4v) is 3.57. The lowest BCUT2D eigenvalue weighted by atomic mass is 10.1. The SMILES string of the molecule is COc1cc(-c2nc(CN3CCC(CO)C3)cs2)ccc1O. The van der Waals surface area contributed by atoms with Crippen LogP contribution >= 0.6 is 11.3 Å². The molecule has 1 aliphatic heterocycles. The van der Waals surface area contributed by atoms with Crippen molar-refractivity contribution in [1.82, 2.24) is 9.88 Å². The maximum absolute atomic E-state index is 9.66.